The molecular formula is C23H26F3NO2. The molecule has 0 aliphatic heterocycles. The fourth-order valence-corrected chi connectivity index (χ4v) is 3.71. The maximum atomic E-state index is 13.1. The number of hydrogen-bond donors (Lipinski definition) is 1. The molecule has 1 aliphatic carbocycles. The number of amides is 1. The molecule has 6 heteroatoms. The second kappa shape index (κ2) is 8.09. The molecule has 0 unspecified atom stereocenters. The number of primary amides is 1. The Morgan fingerprint density at radius 1 is 1.07 bits per heavy atom. The Morgan fingerprint density at radius 2 is 1.72 bits per heavy atom. The quantitative estimate of drug-likeness (QED) is 0.686. The molecule has 0 atom stereocenters. The van der Waals surface area contributed by atoms with Gasteiger partial charge in [-0.3, -0.25) is 4.79 Å². The number of ether oxygens (including phenoxy) is 1. The third-order valence-electron chi connectivity index (χ3n) is 5.61. The van der Waals surface area contributed by atoms with Gasteiger partial charge in [0.15, 0.2) is 0 Å². The molecule has 3 nitrogen and oxygen atoms in total. The van der Waals surface area contributed by atoms with Crippen molar-refractivity contribution in [3.8, 4) is 16.9 Å². The number of rotatable bonds is 6. The summed E-state index contributed by atoms with van der Waals surface area (Å²) in [4.78, 5) is 11.9. The molecule has 1 aliphatic rings. The van der Waals surface area contributed by atoms with Crippen molar-refractivity contribution in [1.29, 1.82) is 0 Å². The van der Waals surface area contributed by atoms with Crippen molar-refractivity contribution in [2.24, 2.45) is 5.73 Å². The highest BCUT2D eigenvalue weighted by Gasteiger charge is 2.31. The molecule has 0 heterocycles. The summed E-state index contributed by atoms with van der Waals surface area (Å²) >= 11 is 0. The Bertz CT molecular complexity index is 884. The van der Waals surface area contributed by atoms with E-state index < -0.39 is 23.9 Å². The van der Waals surface area contributed by atoms with Gasteiger partial charge in [0.1, 0.15) is 5.75 Å². The van der Waals surface area contributed by atoms with E-state index in [-0.39, 0.29) is 11.7 Å². The number of carbonyl (C=O) groups excluding carboxylic acids is 1. The van der Waals surface area contributed by atoms with Crippen molar-refractivity contribution in [2.75, 3.05) is 0 Å². The fourth-order valence-electron chi connectivity index (χ4n) is 3.71. The van der Waals surface area contributed by atoms with Crippen LogP contribution in [-0.4, -0.2) is 18.2 Å². The molecule has 0 spiro atoms. The van der Waals surface area contributed by atoms with Crippen molar-refractivity contribution in [3.63, 3.8) is 0 Å². The van der Waals surface area contributed by atoms with E-state index in [1.54, 1.807) is 50.2 Å². The van der Waals surface area contributed by atoms with Crippen molar-refractivity contribution >= 4 is 5.91 Å². The first-order valence-electron chi connectivity index (χ1n) is 9.84. The van der Waals surface area contributed by atoms with E-state index in [9.17, 15) is 18.0 Å². The molecular weight excluding hydrogens is 379 g/mol. The highest BCUT2D eigenvalue weighted by molar-refractivity contribution is 5.87. The molecule has 2 N–H and O–H groups in total. The molecule has 0 radical (unpaired) electrons. The van der Waals surface area contributed by atoms with Crippen LogP contribution in [0.1, 0.15) is 50.7 Å². The van der Waals surface area contributed by atoms with Gasteiger partial charge < -0.3 is 10.5 Å². The minimum absolute atomic E-state index is 0.0542. The summed E-state index contributed by atoms with van der Waals surface area (Å²) < 4.78 is 45.6. The van der Waals surface area contributed by atoms with Crippen molar-refractivity contribution in [3.05, 3.63) is 53.6 Å². The molecule has 1 amide bonds. The normalized spacial score (nSPS) is 15.5. The van der Waals surface area contributed by atoms with Crippen LogP contribution in [0.5, 0.6) is 5.75 Å². The molecule has 0 aromatic heterocycles. The molecule has 2 aromatic carbocycles. The van der Waals surface area contributed by atoms with Crippen molar-refractivity contribution < 1.29 is 22.7 Å². The molecule has 3 rings (SSSR count). The maximum Gasteiger partial charge on any atom is 0.393 e. The van der Waals surface area contributed by atoms with Crippen LogP contribution >= 0.6 is 0 Å². The predicted octanol–water partition coefficient (Wildman–Crippen LogP) is 5.54. The monoisotopic (exact) mass is 405 g/mol. The number of hydrogen-bond acceptors (Lipinski definition) is 2. The lowest BCUT2D eigenvalue weighted by molar-refractivity contribution is -0.127. The van der Waals surface area contributed by atoms with Gasteiger partial charge in [0.2, 0.25) is 5.91 Å². The minimum Gasteiger partial charge on any atom is -0.490 e. The van der Waals surface area contributed by atoms with E-state index in [0.717, 1.165) is 25.7 Å². The smallest absolute Gasteiger partial charge is 0.393 e. The average Bonchev–Trinajstić information content (AvgIpc) is 3.14. The van der Waals surface area contributed by atoms with Crippen LogP contribution in [0, 0.1) is 0 Å². The summed E-state index contributed by atoms with van der Waals surface area (Å²) in [7, 11) is 0. The first-order chi connectivity index (χ1) is 13.6. The number of nitrogens with two attached hydrogens (primary N) is 1. The number of halogens is 3. The van der Waals surface area contributed by atoms with Crippen LogP contribution in [0.3, 0.4) is 0 Å². The molecule has 0 saturated heterocycles. The highest BCUT2D eigenvalue weighted by Crippen LogP contribution is 2.39. The zero-order chi connectivity index (χ0) is 21.2. The van der Waals surface area contributed by atoms with Crippen LogP contribution in [0.15, 0.2) is 42.5 Å². The largest absolute Gasteiger partial charge is 0.490 e. The summed E-state index contributed by atoms with van der Waals surface area (Å²) in [6, 6.07) is 11.7. The Morgan fingerprint density at radius 3 is 2.34 bits per heavy atom. The molecule has 156 valence electrons. The van der Waals surface area contributed by atoms with Gasteiger partial charge in [0, 0.05) is 5.56 Å². The average molecular weight is 405 g/mol. The second-order valence-corrected chi connectivity index (χ2v) is 8.17. The first-order valence-corrected chi connectivity index (χ1v) is 9.84. The summed E-state index contributed by atoms with van der Waals surface area (Å²) in [5.41, 5.74) is 6.42. The van der Waals surface area contributed by atoms with Gasteiger partial charge in [-0.05, 0) is 68.4 Å². The van der Waals surface area contributed by atoms with Crippen molar-refractivity contribution in [2.45, 2.75) is 63.6 Å². The lowest BCUT2D eigenvalue weighted by Gasteiger charge is -2.25. The van der Waals surface area contributed by atoms with E-state index in [2.05, 4.69) is 0 Å². The van der Waals surface area contributed by atoms with Crippen LogP contribution in [-0.2, 0) is 16.6 Å². The number of carbonyl (C=O) groups is 1. The highest BCUT2D eigenvalue weighted by atomic mass is 19.4. The zero-order valence-corrected chi connectivity index (χ0v) is 16.7. The van der Waals surface area contributed by atoms with E-state index in [1.807, 2.05) is 0 Å². The van der Waals surface area contributed by atoms with Gasteiger partial charge in [-0.25, -0.2) is 0 Å². The second-order valence-electron chi connectivity index (χ2n) is 8.17. The Kier molecular flexibility index (Phi) is 5.92. The molecule has 0 bridgehead atoms. The molecule has 29 heavy (non-hydrogen) atoms. The number of alkyl halides is 3. The van der Waals surface area contributed by atoms with Gasteiger partial charge in [-0.1, -0.05) is 30.3 Å². The first kappa shape index (κ1) is 21.2. The summed E-state index contributed by atoms with van der Waals surface area (Å²) in [6.07, 6.45) is -1.29. The third-order valence-corrected chi connectivity index (χ3v) is 5.61. The van der Waals surface area contributed by atoms with Crippen LogP contribution in [0.4, 0.5) is 13.2 Å². The Balaban J connectivity index is 2.12. The van der Waals surface area contributed by atoms with Gasteiger partial charge in [-0.15, -0.1) is 0 Å². The standard InChI is InChI=1S/C23H26F3NO2/c1-22(2,21(27)28)16-11-12-20(29-17-8-4-5-9-17)19(13-16)18-10-6-3-7-15(18)14-23(24,25)26/h3,6-7,10-13,17H,4-5,8-9,14H2,1-2H3,(H2,27,28). The predicted molar refractivity (Wildman–Crippen MR) is 107 cm³/mol. The fraction of sp³-hybridized carbons (Fsp3) is 0.435. The van der Waals surface area contributed by atoms with Crippen LogP contribution in [0.25, 0.3) is 11.1 Å². The van der Waals surface area contributed by atoms with Crippen molar-refractivity contribution in [1.82, 2.24) is 0 Å². The lowest BCUT2D eigenvalue weighted by Crippen LogP contribution is -2.35. The Labute approximate surface area is 169 Å². The topological polar surface area (TPSA) is 52.3 Å². The third kappa shape index (κ3) is 4.92. The zero-order valence-electron chi connectivity index (χ0n) is 16.7. The number of benzene rings is 2. The molecule has 2 aromatic rings. The van der Waals surface area contributed by atoms with Crippen LogP contribution in [0.2, 0.25) is 0 Å². The molecule has 1 saturated carbocycles. The summed E-state index contributed by atoms with van der Waals surface area (Å²) in [6.45, 7) is 3.40. The van der Waals surface area contributed by atoms with Crippen LogP contribution < -0.4 is 10.5 Å². The van der Waals surface area contributed by atoms with Gasteiger partial charge in [0.05, 0.1) is 17.9 Å². The van der Waals surface area contributed by atoms with Gasteiger partial charge in [-0.2, -0.15) is 13.2 Å². The van der Waals surface area contributed by atoms with E-state index >= 15 is 0 Å². The van der Waals surface area contributed by atoms with Gasteiger partial charge in [0.25, 0.3) is 0 Å². The SMILES string of the molecule is CC(C)(C(N)=O)c1ccc(OC2CCCC2)c(-c2ccccc2CC(F)(F)F)c1. The van der Waals surface area contributed by atoms with E-state index in [1.165, 1.54) is 6.07 Å². The summed E-state index contributed by atoms with van der Waals surface area (Å²) in [5.74, 6) is 0.0343. The maximum absolute atomic E-state index is 13.1. The lowest BCUT2D eigenvalue weighted by atomic mass is 9.82. The summed E-state index contributed by atoms with van der Waals surface area (Å²) in [5, 5.41) is 0. The molecule has 1 fully saturated rings. The Hall–Kier alpha value is -2.50. The van der Waals surface area contributed by atoms with Gasteiger partial charge >= 0.3 is 6.18 Å². The minimum atomic E-state index is -4.33. The van der Waals surface area contributed by atoms with E-state index in [4.69, 9.17) is 10.5 Å². The van der Waals surface area contributed by atoms with E-state index in [0.29, 0.717) is 22.4 Å².